The van der Waals surface area contributed by atoms with Crippen LogP contribution in [0.1, 0.15) is 48.8 Å². The van der Waals surface area contributed by atoms with Crippen molar-refractivity contribution in [2.24, 2.45) is 13.0 Å². The number of rotatable bonds is 6. The van der Waals surface area contributed by atoms with Crippen molar-refractivity contribution in [2.45, 2.75) is 53.0 Å². The summed E-state index contributed by atoms with van der Waals surface area (Å²) in [5, 5.41) is 7.43. The molecule has 146 valence electrons. The molecular formula is C21H31N5O. The smallest absolute Gasteiger partial charge is 0.227 e. The highest BCUT2D eigenvalue weighted by atomic mass is 16.1. The molecule has 1 amide bonds. The fourth-order valence-corrected chi connectivity index (χ4v) is 3.72. The van der Waals surface area contributed by atoms with E-state index in [1.807, 2.05) is 44.6 Å². The van der Waals surface area contributed by atoms with Gasteiger partial charge in [-0.1, -0.05) is 13.3 Å². The van der Waals surface area contributed by atoms with Gasteiger partial charge in [-0.2, -0.15) is 5.10 Å². The molecule has 0 aromatic carbocycles. The minimum atomic E-state index is -0.125. The van der Waals surface area contributed by atoms with E-state index in [9.17, 15) is 4.79 Å². The van der Waals surface area contributed by atoms with Gasteiger partial charge in [-0.05, 0) is 63.9 Å². The Morgan fingerprint density at radius 2 is 1.96 bits per heavy atom. The molecule has 1 unspecified atom stereocenters. The molecule has 3 heterocycles. The molecule has 0 spiro atoms. The molecule has 6 heteroatoms. The number of pyridine rings is 1. The van der Waals surface area contributed by atoms with Crippen molar-refractivity contribution in [3.63, 3.8) is 0 Å². The maximum absolute atomic E-state index is 12.6. The minimum absolute atomic E-state index is 0.0169. The van der Waals surface area contributed by atoms with Crippen molar-refractivity contribution in [1.29, 1.82) is 0 Å². The first kappa shape index (κ1) is 19.5. The number of likely N-dealkylation sites (tertiary alicyclic amines) is 1. The molecule has 1 N–H and O–H groups in total. The van der Waals surface area contributed by atoms with Crippen molar-refractivity contribution >= 4 is 11.6 Å². The number of hydrogen-bond donors (Lipinski definition) is 1. The molecule has 0 aliphatic carbocycles. The Balaban J connectivity index is 1.55. The molecule has 2 aromatic rings. The first-order valence-electron chi connectivity index (χ1n) is 9.91. The summed E-state index contributed by atoms with van der Waals surface area (Å²) in [6.07, 6.45) is 6.36. The van der Waals surface area contributed by atoms with Crippen LogP contribution in [-0.4, -0.2) is 38.7 Å². The van der Waals surface area contributed by atoms with E-state index in [4.69, 9.17) is 0 Å². The minimum Gasteiger partial charge on any atom is -0.324 e. The van der Waals surface area contributed by atoms with Crippen LogP contribution in [0, 0.1) is 19.8 Å². The quantitative estimate of drug-likeness (QED) is 0.849. The molecule has 1 atom stereocenters. The molecule has 1 aliphatic heterocycles. The van der Waals surface area contributed by atoms with Gasteiger partial charge in [0.25, 0.3) is 0 Å². The Morgan fingerprint density at radius 1 is 1.22 bits per heavy atom. The topological polar surface area (TPSA) is 63.1 Å². The number of nitrogens with zero attached hydrogens (tertiary/aromatic N) is 4. The zero-order valence-corrected chi connectivity index (χ0v) is 17.0. The van der Waals surface area contributed by atoms with Crippen LogP contribution >= 0.6 is 0 Å². The first-order valence-corrected chi connectivity index (χ1v) is 9.91. The zero-order valence-electron chi connectivity index (χ0n) is 17.0. The normalized spacial score (nSPS) is 16.3. The van der Waals surface area contributed by atoms with E-state index < -0.39 is 0 Å². The van der Waals surface area contributed by atoms with Crippen LogP contribution < -0.4 is 5.32 Å². The van der Waals surface area contributed by atoms with Crippen LogP contribution in [0.3, 0.4) is 0 Å². The third-order valence-corrected chi connectivity index (χ3v) is 5.54. The van der Waals surface area contributed by atoms with Gasteiger partial charge in [-0.3, -0.25) is 19.4 Å². The Morgan fingerprint density at radius 3 is 2.56 bits per heavy atom. The third kappa shape index (κ3) is 4.95. The van der Waals surface area contributed by atoms with E-state index in [0.29, 0.717) is 6.42 Å². The predicted octanol–water partition coefficient (Wildman–Crippen LogP) is 3.24. The molecule has 0 bridgehead atoms. The average Bonchev–Trinajstić information content (AvgIpc) is 2.90. The lowest BCUT2D eigenvalue weighted by atomic mass is 9.99. The Bertz CT molecular complexity index is 775. The summed E-state index contributed by atoms with van der Waals surface area (Å²) >= 11 is 0. The number of anilines is 1. The highest BCUT2D eigenvalue weighted by Gasteiger charge is 2.19. The van der Waals surface area contributed by atoms with Crippen LogP contribution in [0.25, 0.3) is 0 Å². The molecule has 27 heavy (non-hydrogen) atoms. The van der Waals surface area contributed by atoms with E-state index in [1.54, 1.807) is 6.20 Å². The molecule has 3 rings (SSSR count). The lowest BCUT2D eigenvalue weighted by Gasteiger charge is -2.25. The van der Waals surface area contributed by atoms with Gasteiger partial charge in [0.1, 0.15) is 0 Å². The predicted molar refractivity (Wildman–Crippen MR) is 108 cm³/mol. The summed E-state index contributed by atoms with van der Waals surface area (Å²) in [6.45, 7) is 9.21. The number of carbonyl (C=O) groups excluding carboxylic acids is 1. The highest BCUT2D eigenvalue weighted by molar-refractivity contribution is 5.92. The maximum atomic E-state index is 12.6. The van der Waals surface area contributed by atoms with Crippen molar-refractivity contribution in [1.82, 2.24) is 19.7 Å². The van der Waals surface area contributed by atoms with Gasteiger partial charge in [-0.25, -0.2) is 0 Å². The SMILES string of the molecule is Cc1nn(C)c(C)c1CC(C)C(=O)Nc1ccc(CN2CCCCC2)nc1. The second-order valence-electron chi connectivity index (χ2n) is 7.74. The van der Waals surface area contributed by atoms with E-state index in [-0.39, 0.29) is 11.8 Å². The zero-order chi connectivity index (χ0) is 19.4. The van der Waals surface area contributed by atoms with Crippen molar-refractivity contribution in [2.75, 3.05) is 18.4 Å². The van der Waals surface area contributed by atoms with Gasteiger partial charge in [0.2, 0.25) is 5.91 Å². The largest absolute Gasteiger partial charge is 0.324 e. The van der Waals surface area contributed by atoms with Crippen LogP contribution in [0.2, 0.25) is 0 Å². The van der Waals surface area contributed by atoms with Crippen LogP contribution in [0.5, 0.6) is 0 Å². The highest BCUT2D eigenvalue weighted by Crippen LogP contribution is 2.19. The Kier molecular flexibility index (Phi) is 6.26. The third-order valence-electron chi connectivity index (χ3n) is 5.54. The number of hydrogen-bond acceptors (Lipinski definition) is 4. The average molecular weight is 370 g/mol. The van der Waals surface area contributed by atoms with E-state index in [0.717, 1.165) is 48.0 Å². The monoisotopic (exact) mass is 369 g/mol. The number of aryl methyl sites for hydroxylation is 2. The van der Waals surface area contributed by atoms with Gasteiger partial charge in [-0.15, -0.1) is 0 Å². The number of aromatic nitrogens is 3. The van der Waals surface area contributed by atoms with E-state index in [1.165, 1.54) is 19.3 Å². The van der Waals surface area contributed by atoms with E-state index >= 15 is 0 Å². The standard InChI is InChI=1S/C21H31N5O/c1-15(12-20-16(2)24-25(4)17(20)3)21(27)23-18-8-9-19(22-13-18)14-26-10-6-5-7-11-26/h8-9,13,15H,5-7,10-12,14H2,1-4H3,(H,23,27). The molecule has 2 aromatic heterocycles. The van der Waals surface area contributed by atoms with Gasteiger partial charge in [0.05, 0.1) is 23.3 Å². The summed E-state index contributed by atoms with van der Waals surface area (Å²) in [5.41, 5.74) is 5.10. The number of amides is 1. The first-order chi connectivity index (χ1) is 12.9. The fraction of sp³-hybridized carbons (Fsp3) is 0.571. The van der Waals surface area contributed by atoms with Gasteiger partial charge in [0.15, 0.2) is 0 Å². The summed E-state index contributed by atoms with van der Waals surface area (Å²) in [7, 11) is 1.94. The van der Waals surface area contributed by atoms with Crippen molar-refractivity contribution in [3.05, 3.63) is 41.0 Å². The van der Waals surface area contributed by atoms with Gasteiger partial charge >= 0.3 is 0 Å². The molecular weight excluding hydrogens is 338 g/mol. The maximum Gasteiger partial charge on any atom is 0.227 e. The lowest BCUT2D eigenvalue weighted by Crippen LogP contribution is -2.29. The molecule has 1 aliphatic rings. The van der Waals surface area contributed by atoms with Gasteiger partial charge in [0, 0.05) is 25.2 Å². The lowest BCUT2D eigenvalue weighted by molar-refractivity contribution is -0.119. The second kappa shape index (κ2) is 8.65. The van der Waals surface area contributed by atoms with Gasteiger partial charge < -0.3 is 5.32 Å². The summed E-state index contributed by atoms with van der Waals surface area (Å²) in [5.74, 6) is -0.108. The molecule has 6 nitrogen and oxygen atoms in total. The number of nitrogens with one attached hydrogen (secondary N) is 1. The van der Waals surface area contributed by atoms with Crippen molar-refractivity contribution < 1.29 is 4.79 Å². The molecule has 1 saturated heterocycles. The molecule has 0 saturated carbocycles. The van der Waals surface area contributed by atoms with Crippen molar-refractivity contribution in [3.8, 4) is 0 Å². The molecule has 0 radical (unpaired) electrons. The van der Waals surface area contributed by atoms with Crippen LogP contribution in [0.4, 0.5) is 5.69 Å². The number of piperidine rings is 1. The Labute approximate surface area is 162 Å². The van der Waals surface area contributed by atoms with Crippen LogP contribution in [-0.2, 0) is 24.8 Å². The number of carbonyl (C=O) groups is 1. The summed E-state index contributed by atoms with van der Waals surface area (Å²) < 4.78 is 1.88. The van der Waals surface area contributed by atoms with Crippen LogP contribution in [0.15, 0.2) is 18.3 Å². The molecule has 1 fully saturated rings. The summed E-state index contributed by atoms with van der Waals surface area (Å²) in [6, 6.07) is 3.97. The Hall–Kier alpha value is -2.21. The summed E-state index contributed by atoms with van der Waals surface area (Å²) in [4.78, 5) is 19.6. The van der Waals surface area contributed by atoms with E-state index in [2.05, 4.69) is 20.3 Å². The fourth-order valence-electron chi connectivity index (χ4n) is 3.72. The second-order valence-corrected chi connectivity index (χ2v) is 7.74.